The first-order valence-corrected chi connectivity index (χ1v) is 9.11. The maximum Gasteiger partial charge on any atom is 0.281 e. The van der Waals surface area contributed by atoms with E-state index in [4.69, 9.17) is 18.0 Å². The van der Waals surface area contributed by atoms with Crippen molar-refractivity contribution in [1.82, 2.24) is 8.61 Å². The van der Waals surface area contributed by atoms with Crippen molar-refractivity contribution in [3.05, 3.63) is 0 Å². The molecule has 116 valence electrons. The third-order valence-corrected chi connectivity index (χ3v) is 7.34. The number of nitrogens with two attached hydrogens (primary N) is 1. The Labute approximate surface area is 127 Å². The molecule has 0 unspecified atom stereocenters. The summed E-state index contributed by atoms with van der Waals surface area (Å²) in [6, 6.07) is 0. The number of piperidine rings is 2. The Morgan fingerprint density at radius 1 is 1.15 bits per heavy atom. The van der Waals surface area contributed by atoms with Crippen LogP contribution in [0.1, 0.15) is 39.5 Å². The van der Waals surface area contributed by atoms with Gasteiger partial charge in [-0.3, -0.25) is 0 Å². The van der Waals surface area contributed by atoms with Gasteiger partial charge in [0.15, 0.2) is 0 Å². The molecule has 2 heterocycles. The predicted molar refractivity (Wildman–Crippen MR) is 84.6 cm³/mol. The van der Waals surface area contributed by atoms with Gasteiger partial charge in [0.2, 0.25) is 0 Å². The third-order valence-electron chi connectivity index (χ3n) is 4.82. The van der Waals surface area contributed by atoms with Crippen molar-refractivity contribution in [3.8, 4) is 0 Å². The second-order valence-corrected chi connectivity index (χ2v) is 8.78. The Kier molecular flexibility index (Phi) is 4.73. The van der Waals surface area contributed by atoms with Gasteiger partial charge in [-0.1, -0.05) is 26.1 Å². The second kappa shape index (κ2) is 5.87. The number of hydrogen-bond donors (Lipinski definition) is 1. The Morgan fingerprint density at radius 2 is 1.60 bits per heavy atom. The van der Waals surface area contributed by atoms with E-state index in [9.17, 15) is 8.42 Å². The monoisotopic (exact) mass is 319 g/mol. The summed E-state index contributed by atoms with van der Waals surface area (Å²) in [5.41, 5.74) is 5.57. The minimum Gasteiger partial charge on any atom is -0.393 e. The number of rotatable bonds is 3. The standard InChI is InChI=1S/C13H25N3O2S2/c1-11-3-7-15(8-4-11)20(17,18)16-9-5-13(2,6-10-16)12(14)19/h11H,3-10H2,1-2H3,(H2,14,19). The highest BCUT2D eigenvalue weighted by Gasteiger charge is 2.39. The third kappa shape index (κ3) is 3.16. The minimum atomic E-state index is -3.30. The van der Waals surface area contributed by atoms with Crippen molar-refractivity contribution in [2.75, 3.05) is 26.2 Å². The fraction of sp³-hybridized carbons (Fsp3) is 0.923. The van der Waals surface area contributed by atoms with Crippen molar-refractivity contribution < 1.29 is 8.42 Å². The summed E-state index contributed by atoms with van der Waals surface area (Å²) in [5.74, 6) is 0.626. The minimum absolute atomic E-state index is 0.197. The lowest BCUT2D eigenvalue weighted by Gasteiger charge is -2.40. The molecule has 2 N–H and O–H groups in total. The van der Waals surface area contributed by atoms with Crippen LogP contribution < -0.4 is 5.73 Å². The van der Waals surface area contributed by atoms with Crippen LogP contribution in [0.3, 0.4) is 0 Å². The van der Waals surface area contributed by atoms with Gasteiger partial charge in [0.1, 0.15) is 0 Å². The van der Waals surface area contributed by atoms with Gasteiger partial charge in [-0.05, 0) is 31.6 Å². The Bertz CT molecular complexity index is 462. The van der Waals surface area contributed by atoms with Crippen LogP contribution >= 0.6 is 12.2 Å². The molecule has 0 aliphatic carbocycles. The van der Waals surface area contributed by atoms with E-state index in [1.54, 1.807) is 8.61 Å². The molecule has 2 aliphatic heterocycles. The lowest BCUT2D eigenvalue weighted by molar-refractivity contribution is 0.215. The van der Waals surface area contributed by atoms with E-state index in [0.717, 1.165) is 12.8 Å². The SMILES string of the molecule is CC1CCN(S(=O)(=O)N2CCC(C)(C(N)=S)CC2)CC1. The molecule has 2 fully saturated rings. The smallest absolute Gasteiger partial charge is 0.281 e. The molecular weight excluding hydrogens is 294 g/mol. The summed E-state index contributed by atoms with van der Waals surface area (Å²) in [7, 11) is -3.30. The Balaban J connectivity index is 2.00. The molecule has 0 bridgehead atoms. The summed E-state index contributed by atoms with van der Waals surface area (Å²) >= 11 is 5.10. The van der Waals surface area contributed by atoms with Gasteiger partial charge < -0.3 is 5.73 Å². The van der Waals surface area contributed by atoms with Crippen LogP contribution in [0, 0.1) is 11.3 Å². The van der Waals surface area contributed by atoms with E-state index in [0.29, 0.717) is 49.9 Å². The second-order valence-electron chi connectivity index (χ2n) is 6.41. The topological polar surface area (TPSA) is 66.6 Å². The molecule has 7 heteroatoms. The molecule has 0 radical (unpaired) electrons. The van der Waals surface area contributed by atoms with E-state index in [1.807, 2.05) is 6.92 Å². The van der Waals surface area contributed by atoms with Crippen molar-refractivity contribution >= 4 is 27.4 Å². The number of hydrogen-bond acceptors (Lipinski definition) is 3. The van der Waals surface area contributed by atoms with Gasteiger partial charge in [0, 0.05) is 31.6 Å². The van der Waals surface area contributed by atoms with Crippen LogP contribution in [0.5, 0.6) is 0 Å². The van der Waals surface area contributed by atoms with Crippen LogP contribution in [-0.4, -0.2) is 48.2 Å². The molecule has 5 nitrogen and oxygen atoms in total. The van der Waals surface area contributed by atoms with Gasteiger partial charge in [0.25, 0.3) is 10.2 Å². The molecule has 20 heavy (non-hydrogen) atoms. The van der Waals surface area contributed by atoms with Gasteiger partial charge in [-0.15, -0.1) is 0 Å². The maximum absolute atomic E-state index is 12.6. The molecule has 2 saturated heterocycles. The first-order chi connectivity index (χ1) is 9.25. The first-order valence-electron chi connectivity index (χ1n) is 7.31. The zero-order chi connectivity index (χ0) is 15.0. The summed E-state index contributed by atoms with van der Waals surface area (Å²) in [5, 5.41) is 0. The lowest BCUT2D eigenvalue weighted by Crippen LogP contribution is -2.52. The Morgan fingerprint density at radius 3 is 2.05 bits per heavy atom. The highest BCUT2D eigenvalue weighted by atomic mass is 32.2. The highest BCUT2D eigenvalue weighted by molar-refractivity contribution is 7.86. The predicted octanol–water partition coefficient (Wildman–Crippen LogP) is 1.35. The zero-order valence-corrected chi connectivity index (χ0v) is 14.0. The Hall–Kier alpha value is -0.240. The van der Waals surface area contributed by atoms with Crippen molar-refractivity contribution in [3.63, 3.8) is 0 Å². The van der Waals surface area contributed by atoms with E-state index < -0.39 is 10.2 Å². The summed E-state index contributed by atoms with van der Waals surface area (Å²) in [6.45, 7) is 6.53. The summed E-state index contributed by atoms with van der Waals surface area (Å²) in [4.78, 5) is 0.501. The highest BCUT2D eigenvalue weighted by Crippen LogP contribution is 2.33. The van der Waals surface area contributed by atoms with Gasteiger partial charge in [-0.25, -0.2) is 0 Å². The largest absolute Gasteiger partial charge is 0.393 e. The van der Waals surface area contributed by atoms with Crippen molar-refractivity contribution in [2.45, 2.75) is 39.5 Å². The fourth-order valence-corrected chi connectivity index (χ4v) is 4.68. The number of nitrogens with zero attached hydrogens (tertiary/aromatic N) is 2. The molecule has 0 aromatic rings. The lowest BCUT2D eigenvalue weighted by atomic mass is 9.81. The average molecular weight is 319 g/mol. The normalized spacial score (nSPS) is 26.5. The van der Waals surface area contributed by atoms with E-state index in [-0.39, 0.29) is 5.41 Å². The molecule has 0 aromatic heterocycles. The molecular formula is C13H25N3O2S2. The molecule has 0 atom stereocenters. The van der Waals surface area contributed by atoms with Crippen LogP contribution in [-0.2, 0) is 10.2 Å². The van der Waals surface area contributed by atoms with Crippen molar-refractivity contribution in [1.29, 1.82) is 0 Å². The van der Waals surface area contributed by atoms with E-state index >= 15 is 0 Å². The maximum atomic E-state index is 12.6. The van der Waals surface area contributed by atoms with Crippen LogP contribution in [0.25, 0.3) is 0 Å². The molecule has 0 aromatic carbocycles. The zero-order valence-electron chi connectivity index (χ0n) is 12.3. The fourth-order valence-electron chi connectivity index (χ4n) is 2.84. The first kappa shape index (κ1) is 16.1. The molecule has 2 rings (SSSR count). The quantitative estimate of drug-likeness (QED) is 0.798. The van der Waals surface area contributed by atoms with Crippen molar-refractivity contribution in [2.24, 2.45) is 17.1 Å². The molecule has 0 amide bonds. The average Bonchev–Trinajstić information content (AvgIpc) is 2.39. The van der Waals surface area contributed by atoms with E-state index in [1.165, 1.54) is 0 Å². The van der Waals surface area contributed by atoms with Gasteiger partial charge in [-0.2, -0.15) is 17.0 Å². The molecule has 2 aliphatic rings. The molecule has 0 spiro atoms. The molecule has 0 saturated carbocycles. The summed E-state index contributed by atoms with van der Waals surface area (Å²) in [6.07, 6.45) is 3.34. The van der Waals surface area contributed by atoms with Gasteiger partial charge in [0.05, 0.1) is 4.99 Å². The van der Waals surface area contributed by atoms with E-state index in [2.05, 4.69) is 6.92 Å². The van der Waals surface area contributed by atoms with Crippen LogP contribution in [0.4, 0.5) is 0 Å². The number of thiocarbonyl (C=S) groups is 1. The van der Waals surface area contributed by atoms with Crippen LogP contribution in [0.15, 0.2) is 0 Å². The summed E-state index contributed by atoms with van der Waals surface area (Å²) < 4.78 is 28.5. The van der Waals surface area contributed by atoms with Crippen LogP contribution in [0.2, 0.25) is 0 Å². The van der Waals surface area contributed by atoms with Gasteiger partial charge >= 0.3 is 0 Å².